The summed E-state index contributed by atoms with van der Waals surface area (Å²) in [7, 11) is 0. The monoisotopic (exact) mass is 250 g/mol. The summed E-state index contributed by atoms with van der Waals surface area (Å²) in [6, 6.07) is 0. The molecular weight excluding hydrogens is 240 g/mol. The van der Waals surface area contributed by atoms with Crippen molar-refractivity contribution in [1.29, 1.82) is 0 Å². The maximum atomic E-state index is 11.1. The first kappa shape index (κ1) is 10.3. The highest BCUT2D eigenvalue weighted by Gasteiger charge is 2.32. The number of nitrogens with one attached hydrogen (secondary N) is 1. The summed E-state index contributed by atoms with van der Waals surface area (Å²) in [6.07, 6.45) is 3.60. The second-order valence-electron chi connectivity index (χ2n) is 4.01. The first-order chi connectivity index (χ1) is 8.16. The van der Waals surface area contributed by atoms with Crippen LogP contribution in [0, 0.1) is 0 Å². The molecule has 0 spiro atoms. The van der Waals surface area contributed by atoms with Crippen LogP contribution in [0.2, 0.25) is 0 Å². The van der Waals surface area contributed by atoms with Gasteiger partial charge in [0.25, 0.3) is 0 Å². The van der Waals surface area contributed by atoms with Crippen molar-refractivity contribution in [3.05, 3.63) is 16.8 Å². The van der Waals surface area contributed by atoms with Crippen molar-refractivity contribution in [3.8, 4) is 10.6 Å². The Labute approximate surface area is 100 Å². The van der Waals surface area contributed by atoms with E-state index in [9.17, 15) is 4.79 Å². The Hall–Kier alpha value is -1.89. The predicted molar refractivity (Wildman–Crippen MR) is 63.0 cm³/mol. The summed E-state index contributed by atoms with van der Waals surface area (Å²) in [5, 5.41) is 16.2. The van der Waals surface area contributed by atoms with Crippen molar-refractivity contribution in [2.24, 2.45) is 0 Å². The first-order valence-electron chi connectivity index (χ1n) is 5.20. The summed E-state index contributed by atoms with van der Waals surface area (Å²) in [6.45, 7) is 0. The number of carbonyl (C=O) groups is 1. The molecule has 0 unspecified atom stereocenters. The molecular formula is C10H10N4O2S. The van der Waals surface area contributed by atoms with Gasteiger partial charge in [-0.1, -0.05) is 0 Å². The SMILES string of the molecule is Nc1[nH]ncc1-c1nc(C2CC2)c(C(=O)O)s1. The number of thiazole rings is 1. The van der Waals surface area contributed by atoms with Crippen molar-refractivity contribution in [3.63, 3.8) is 0 Å². The highest BCUT2D eigenvalue weighted by Crippen LogP contribution is 2.44. The highest BCUT2D eigenvalue weighted by molar-refractivity contribution is 7.17. The number of nitrogens with zero attached hydrogens (tertiary/aromatic N) is 2. The number of nitrogens with two attached hydrogens (primary N) is 1. The predicted octanol–water partition coefficient (Wildman–Crippen LogP) is 1.69. The molecule has 2 aromatic rings. The van der Waals surface area contributed by atoms with Crippen LogP contribution in [-0.2, 0) is 0 Å². The van der Waals surface area contributed by atoms with Gasteiger partial charge in [-0.25, -0.2) is 9.78 Å². The molecule has 2 aromatic heterocycles. The molecule has 6 nitrogen and oxygen atoms in total. The average molecular weight is 250 g/mol. The fourth-order valence-electron chi connectivity index (χ4n) is 1.70. The van der Waals surface area contributed by atoms with Gasteiger partial charge in [-0.3, -0.25) is 5.10 Å². The lowest BCUT2D eigenvalue weighted by Crippen LogP contribution is -1.97. The van der Waals surface area contributed by atoms with Crippen LogP contribution in [0.15, 0.2) is 6.20 Å². The number of hydrogen-bond donors (Lipinski definition) is 3. The van der Waals surface area contributed by atoms with Crippen molar-refractivity contribution >= 4 is 23.1 Å². The van der Waals surface area contributed by atoms with Crippen LogP contribution in [0.5, 0.6) is 0 Å². The third-order valence-electron chi connectivity index (χ3n) is 2.71. The van der Waals surface area contributed by atoms with E-state index in [2.05, 4.69) is 15.2 Å². The molecule has 2 heterocycles. The van der Waals surface area contributed by atoms with Gasteiger partial charge in [0.2, 0.25) is 0 Å². The molecule has 3 rings (SSSR count). The Morgan fingerprint density at radius 1 is 1.59 bits per heavy atom. The van der Waals surface area contributed by atoms with E-state index in [1.165, 1.54) is 0 Å². The summed E-state index contributed by atoms with van der Waals surface area (Å²) < 4.78 is 0. The molecule has 0 bridgehead atoms. The van der Waals surface area contributed by atoms with Gasteiger partial charge in [-0.15, -0.1) is 11.3 Å². The zero-order chi connectivity index (χ0) is 12.0. The smallest absolute Gasteiger partial charge is 0.347 e. The standard InChI is InChI=1S/C10H10N4O2S/c11-8-5(3-12-14-8)9-13-6(4-1-2-4)7(17-9)10(15)16/h3-4H,1-2H2,(H,15,16)(H3,11,12,14). The molecule has 0 aromatic carbocycles. The van der Waals surface area contributed by atoms with Crippen molar-refractivity contribution < 1.29 is 9.90 Å². The Morgan fingerprint density at radius 2 is 2.35 bits per heavy atom. The van der Waals surface area contributed by atoms with Crippen LogP contribution in [-0.4, -0.2) is 26.3 Å². The largest absolute Gasteiger partial charge is 0.477 e. The fourth-order valence-corrected chi connectivity index (χ4v) is 2.71. The Balaban J connectivity index is 2.10. The molecule has 1 aliphatic rings. The zero-order valence-corrected chi connectivity index (χ0v) is 9.62. The molecule has 0 amide bonds. The van der Waals surface area contributed by atoms with Crippen molar-refractivity contribution in [2.75, 3.05) is 5.73 Å². The maximum Gasteiger partial charge on any atom is 0.347 e. The number of aromatic amines is 1. The molecule has 1 aliphatic carbocycles. The molecule has 17 heavy (non-hydrogen) atoms. The molecule has 1 fully saturated rings. The number of rotatable bonds is 3. The van der Waals surface area contributed by atoms with E-state index in [0.717, 1.165) is 24.2 Å². The van der Waals surface area contributed by atoms with Crippen molar-refractivity contribution in [2.45, 2.75) is 18.8 Å². The molecule has 1 saturated carbocycles. The molecule has 0 saturated heterocycles. The van der Waals surface area contributed by atoms with Crippen LogP contribution >= 0.6 is 11.3 Å². The molecule has 88 valence electrons. The number of carboxylic acid groups (broad SMARTS) is 1. The van der Waals surface area contributed by atoms with Gasteiger partial charge in [-0.05, 0) is 12.8 Å². The van der Waals surface area contributed by atoms with Gasteiger partial charge >= 0.3 is 5.97 Å². The zero-order valence-electron chi connectivity index (χ0n) is 8.80. The minimum atomic E-state index is -0.919. The number of hydrogen-bond acceptors (Lipinski definition) is 5. The van der Waals surface area contributed by atoms with Crippen LogP contribution in [0.4, 0.5) is 5.82 Å². The van der Waals surface area contributed by atoms with E-state index in [4.69, 9.17) is 10.8 Å². The second kappa shape index (κ2) is 3.56. The number of aromatic nitrogens is 3. The Morgan fingerprint density at radius 3 is 2.88 bits per heavy atom. The first-order valence-corrected chi connectivity index (χ1v) is 6.01. The van der Waals surface area contributed by atoms with Gasteiger partial charge in [0.1, 0.15) is 15.7 Å². The van der Waals surface area contributed by atoms with Crippen LogP contribution < -0.4 is 5.73 Å². The van der Waals surface area contributed by atoms with Crippen LogP contribution in [0.1, 0.15) is 34.1 Å². The lowest BCUT2D eigenvalue weighted by Gasteiger charge is -1.92. The number of anilines is 1. The highest BCUT2D eigenvalue weighted by atomic mass is 32.1. The van der Waals surface area contributed by atoms with E-state index >= 15 is 0 Å². The summed E-state index contributed by atoms with van der Waals surface area (Å²) in [5.41, 5.74) is 7.06. The lowest BCUT2D eigenvalue weighted by molar-refractivity contribution is 0.0700. The number of carboxylic acids is 1. The summed E-state index contributed by atoms with van der Waals surface area (Å²) >= 11 is 1.16. The van der Waals surface area contributed by atoms with E-state index in [-0.39, 0.29) is 0 Å². The van der Waals surface area contributed by atoms with Gasteiger partial charge in [-0.2, -0.15) is 5.10 Å². The second-order valence-corrected chi connectivity index (χ2v) is 5.01. The molecule has 0 aliphatic heterocycles. The quantitative estimate of drug-likeness (QED) is 0.768. The molecule has 0 atom stereocenters. The van der Waals surface area contributed by atoms with Gasteiger partial charge in [0.15, 0.2) is 0 Å². The van der Waals surface area contributed by atoms with E-state index < -0.39 is 5.97 Å². The third-order valence-corrected chi connectivity index (χ3v) is 3.80. The van der Waals surface area contributed by atoms with E-state index in [0.29, 0.717) is 32.9 Å². The molecule has 7 heteroatoms. The van der Waals surface area contributed by atoms with Crippen LogP contribution in [0.25, 0.3) is 10.6 Å². The minimum absolute atomic E-state index is 0.305. The van der Waals surface area contributed by atoms with E-state index in [1.54, 1.807) is 6.20 Å². The van der Waals surface area contributed by atoms with Gasteiger partial charge in [0.05, 0.1) is 17.5 Å². The van der Waals surface area contributed by atoms with Crippen molar-refractivity contribution in [1.82, 2.24) is 15.2 Å². The van der Waals surface area contributed by atoms with E-state index in [1.807, 2.05) is 0 Å². The van der Waals surface area contributed by atoms with Gasteiger partial charge in [0, 0.05) is 5.92 Å². The minimum Gasteiger partial charge on any atom is -0.477 e. The topological polar surface area (TPSA) is 105 Å². The maximum absolute atomic E-state index is 11.1. The van der Waals surface area contributed by atoms with Gasteiger partial charge < -0.3 is 10.8 Å². The summed E-state index contributed by atoms with van der Waals surface area (Å²) in [5.74, 6) is -0.199. The average Bonchev–Trinajstić information content (AvgIpc) is 2.88. The fraction of sp³-hybridized carbons (Fsp3) is 0.300. The van der Waals surface area contributed by atoms with Crippen LogP contribution in [0.3, 0.4) is 0 Å². The number of aromatic carboxylic acids is 1. The Kier molecular flexibility index (Phi) is 2.15. The Bertz CT molecular complexity index is 585. The third kappa shape index (κ3) is 1.68. The summed E-state index contributed by atoms with van der Waals surface area (Å²) in [4.78, 5) is 15.9. The lowest BCUT2D eigenvalue weighted by atomic mass is 10.2. The molecule has 4 N–H and O–H groups in total. The molecule has 0 radical (unpaired) electrons. The normalized spacial score (nSPS) is 15.1. The number of nitrogen functional groups attached to an aromatic ring is 1. The number of H-pyrrole nitrogens is 1.